The van der Waals surface area contributed by atoms with E-state index in [0.29, 0.717) is 17.2 Å². The van der Waals surface area contributed by atoms with E-state index in [4.69, 9.17) is 4.74 Å². The number of aromatic amines is 1. The molecule has 0 bridgehead atoms. The van der Waals surface area contributed by atoms with Gasteiger partial charge in [0.1, 0.15) is 11.4 Å². The number of Topliss-reactive ketones (excluding diaryl/α,β-unsaturated/α-hetero) is 1. The monoisotopic (exact) mass is 382 g/mol. The number of carbonyl (C=O) groups is 2. The lowest BCUT2D eigenvalue weighted by Crippen LogP contribution is -2.39. The number of ether oxygens (including phenoxy) is 1. The number of amides is 1. The van der Waals surface area contributed by atoms with Crippen LogP contribution in [0.1, 0.15) is 63.9 Å². The molecule has 1 N–H and O–H groups in total. The minimum Gasteiger partial charge on any atom is -0.497 e. The molecule has 5 nitrogen and oxygen atoms in total. The van der Waals surface area contributed by atoms with Gasteiger partial charge in [0, 0.05) is 24.3 Å². The molecule has 5 heteroatoms. The van der Waals surface area contributed by atoms with Crippen molar-refractivity contribution in [3.63, 3.8) is 0 Å². The Labute approximate surface area is 167 Å². The van der Waals surface area contributed by atoms with Crippen molar-refractivity contribution in [1.29, 1.82) is 0 Å². The average Bonchev–Trinajstić information content (AvgIpc) is 3.00. The lowest BCUT2D eigenvalue weighted by atomic mass is 9.90. The molecule has 28 heavy (non-hydrogen) atoms. The molecule has 0 aliphatic carbocycles. The van der Waals surface area contributed by atoms with E-state index in [1.165, 1.54) is 5.56 Å². The van der Waals surface area contributed by atoms with Crippen LogP contribution in [-0.4, -0.2) is 41.8 Å². The first-order valence-electron chi connectivity index (χ1n) is 10.0. The zero-order valence-electron chi connectivity index (χ0n) is 17.3. The number of methoxy groups -OCH3 is 1. The molecule has 150 valence electrons. The third kappa shape index (κ3) is 4.29. The van der Waals surface area contributed by atoms with Gasteiger partial charge in [-0.2, -0.15) is 0 Å². The van der Waals surface area contributed by atoms with Crippen molar-refractivity contribution >= 4 is 11.7 Å². The maximum atomic E-state index is 12.9. The Bertz CT molecular complexity index is 843. The standard InChI is InChI=1S/C23H30N2O3/c1-15-21(17(3)26)16(2)24-22(15)23(27)25-13-11-19(12-14-25)6-5-18-7-9-20(28-4)10-8-18/h7-10,19,24H,5-6,11-14H2,1-4H3. The Morgan fingerprint density at radius 3 is 2.32 bits per heavy atom. The van der Waals surface area contributed by atoms with Gasteiger partial charge in [0.2, 0.25) is 0 Å². The summed E-state index contributed by atoms with van der Waals surface area (Å²) in [5, 5.41) is 0. The fraction of sp³-hybridized carbons (Fsp3) is 0.478. The second-order valence-corrected chi connectivity index (χ2v) is 7.80. The Hall–Kier alpha value is -2.56. The van der Waals surface area contributed by atoms with E-state index in [1.54, 1.807) is 14.0 Å². The maximum Gasteiger partial charge on any atom is 0.270 e. The number of nitrogens with zero attached hydrogens (tertiary/aromatic N) is 1. The highest BCUT2D eigenvalue weighted by atomic mass is 16.5. The smallest absolute Gasteiger partial charge is 0.270 e. The quantitative estimate of drug-likeness (QED) is 0.757. The Morgan fingerprint density at radius 1 is 1.14 bits per heavy atom. The minimum absolute atomic E-state index is 0.00235. The van der Waals surface area contributed by atoms with Gasteiger partial charge < -0.3 is 14.6 Å². The summed E-state index contributed by atoms with van der Waals surface area (Å²) in [6, 6.07) is 8.26. The summed E-state index contributed by atoms with van der Waals surface area (Å²) in [6.45, 7) is 6.81. The van der Waals surface area contributed by atoms with Crippen LogP contribution in [0.4, 0.5) is 0 Å². The van der Waals surface area contributed by atoms with Gasteiger partial charge in [-0.15, -0.1) is 0 Å². The zero-order valence-corrected chi connectivity index (χ0v) is 17.3. The number of ketones is 1. The maximum absolute atomic E-state index is 12.9. The van der Waals surface area contributed by atoms with Gasteiger partial charge in [0.25, 0.3) is 5.91 Å². The molecule has 2 aromatic rings. The number of nitrogens with one attached hydrogen (secondary N) is 1. The zero-order chi connectivity index (χ0) is 20.3. The van der Waals surface area contributed by atoms with Crippen molar-refractivity contribution in [2.75, 3.05) is 20.2 Å². The molecular weight excluding hydrogens is 352 g/mol. The lowest BCUT2D eigenvalue weighted by molar-refractivity contribution is 0.0680. The normalized spacial score (nSPS) is 14.9. The number of hydrogen-bond donors (Lipinski definition) is 1. The molecule has 1 aromatic heterocycles. The van der Waals surface area contributed by atoms with Crippen molar-refractivity contribution in [2.24, 2.45) is 5.92 Å². The number of H-pyrrole nitrogens is 1. The summed E-state index contributed by atoms with van der Waals surface area (Å²) >= 11 is 0. The van der Waals surface area contributed by atoms with Gasteiger partial charge in [-0.25, -0.2) is 0 Å². The summed E-state index contributed by atoms with van der Waals surface area (Å²) in [6.07, 6.45) is 4.25. The molecular formula is C23H30N2O3. The SMILES string of the molecule is COc1ccc(CCC2CCN(C(=O)c3[nH]c(C)c(C(C)=O)c3C)CC2)cc1. The van der Waals surface area contributed by atoms with E-state index in [1.807, 2.05) is 30.9 Å². The molecule has 1 aliphatic rings. The molecule has 0 atom stereocenters. The van der Waals surface area contributed by atoms with Crippen molar-refractivity contribution in [2.45, 2.75) is 46.5 Å². The van der Waals surface area contributed by atoms with E-state index >= 15 is 0 Å². The molecule has 1 saturated heterocycles. The molecule has 1 aromatic carbocycles. The van der Waals surface area contributed by atoms with Gasteiger partial charge in [-0.3, -0.25) is 9.59 Å². The first kappa shape index (κ1) is 20.2. The summed E-state index contributed by atoms with van der Waals surface area (Å²) < 4.78 is 5.21. The Balaban J connectivity index is 1.54. The number of aromatic nitrogens is 1. The van der Waals surface area contributed by atoms with Crippen LogP contribution in [0.25, 0.3) is 0 Å². The van der Waals surface area contributed by atoms with Crippen molar-refractivity contribution in [3.05, 3.63) is 52.3 Å². The summed E-state index contributed by atoms with van der Waals surface area (Å²) in [4.78, 5) is 29.8. The van der Waals surface area contributed by atoms with Crippen LogP contribution >= 0.6 is 0 Å². The highest BCUT2D eigenvalue weighted by Gasteiger charge is 2.27. The molecule has 0 unspecified atom stereocenters. The van der Waals surface area contributed by atoms with Gasteiger partial charge in [-0.1, -0.05) is 12.1 Å². The number of rotatable bonds is 6. The van der Waals surface area contributed by atoms with E-state index < -0.39 is 0 Å². The molecule has 1 amide bonds. The highest BCUT2D eigenvalue weighted by molar-refractivity contribution is 6.02. The number of aryl methyl sites for hydroxylation is 2. The predicted molar refractivity (Wildman–Crippen MR) is 110 cm³/mol. The van der Waals surface area contributed by atoms with Crippen LogP contribution in [0, 0.1) is 19.8 Å². The van der Waals surface area contributed by atoms with E-state index in [0.717, 1.165) is 55.8 Å². The first-order valence-corrected chi connectivity index (χ1v) is 10.0. The topological polar surface area (TPSA) is 62.4 Å². The number of benzene rings is 1. The van der Waals surface area contributed by atoms with Crippen molar-refractivity contribution < 1.29 is 14.3 Å². The molecule has 0 radical (unpaired) electrons. The molecule has 0 saturated carbocycles. The third-order valence-corrected chi connectivity index (χ3v) is 5.91. The van der Waals surface area contributed by atoms with Crippen LogP contribution < -0.4 is 4.74 Å². The number of piperidine rings is 1. The third-order valence-electron chi connectivity index (χ3n) is 5.91. The first-order chi connectivity index (χ1) is 13.4. The second kappa shape index (κ2) is 8.63. The Morgan fingerprint density at radius 2 is 1.79 bits per heavy atom. The highest BCUT2D eigenvalue weighted by Crippen LogP contribution is 2.26. The number of carbonyl (C=O) groups excluding carboxylic acids is 2. The summed E-state index contributed by atoms with van der Waals surface area (Å²) in [5.41, 5.74) is 4.10. The molecule has 1 aliphatic heterocycles. The largest absolute Gasteiger partial charge is 0.497 e. The average molecular weight is 383 g/mol. The van der Waals surface area contributed by atoms with Crippen LogP contribution in [0.15, 0.2) is 24.3 Å². The lowest BCUT2D eigenvalue weighted by Gasteiger charge is -2.32. The van der Waals surface area contributed by atoms with Gasteiger partial charge in [0.15, 0.2) is 5.78 Å². The van der Waals surface area contributed by atoms with Crippen molar-refractivity contribution in [3.8, 4) is 5.75 Å². The Kier molecular flexibility index (Phi) is 6.22. The minimum atomic E-state index is 0.00235. The van der Waals surface area contributed by atoms with E-state index in [2.05, 4.69) is 17.1 Å². The molecule has 3 rings (SSSR count). The van der Waals surface area contributed by atoms with Crippen molar-refractivity contribution in [1.82, 2.24) is 9.88 Å². The van der Waals surface area contributed by atoms with Gasteiger partial charge >= 0.3 is 0 Å². The molecule has 1 fully saturated rings. The van der Waals surface area contributed by atoms with Crippen LogP contribution in [0.5, 0.6) is 5.75 Å². The van der Waals surface area contributed by atoms with E-state index in [-0.39, 0.29) is 11.7 Å². The summed E-state index contributed by atoms with van der Waals surface area (Å²) in [5.74, 6) is 1.55. The van der Waals surface area contributed by atoms with Crippen LogP contribution in [0.3, 0.4) is 0 Å². The van der Waals surface area contributed by atoms with Crippen LogP contribution in [-0.2, 0) is 6.42 Å². The fourth-order valence-corrected chi connectivity index (χ4v) is 4.24. The summed E-state index contributed by atoms with van der Waals surface area (Å²) in [7, 11) is 1.68. The van der Waals surface area contributed by atoms with Crippen LogP contribution in [0.2, 0.25) is 0 Å². The van der Waals surface area contributed by atoms with Gasteiger partial charge in [-0.05, 0) is 75.6 Å². The van der Waals surface area contributed by atoms with Gasteiger partial charge in [0.05, 0.1) is 7.11 Å². The molecule has 0 spiro atoms. The second-order valence-electron chi connectivity index (χ2n) is 7.80. The predicted octanol–water partition coefficient (Wildman–Crippen LogP) is 4.33. The fourth-order valence-electron chi connectivity index (χ4n) is 4.24. The van der Waals surface area contributed by atoms with E-state index in [9.17, 15) is 9.59 Å². The number of likely N-dealkylation sites (tertiary alicyclic amines) is 1. The number of hydrogen-bond acceptors (Lipinski definition) is 3. The molecule has 2 heterocycles.